The van der Waals surface area contributed by atoms with E-state index >= 15 is 0 Å². The van der Waals surface area contributed by atoms with Gasteiger partial charge in [0.25, 0.3) is 5.91 Å². The van der Waals surface area contributed by atoms with E-state index in [2.05, 4.69) is 44.8 Å². The zero-order chi connectivity index (χ0) is 19.0. The van der Waals surface area contributed by atoms with Gasteiger partial charge in [-0.2, -0.15) is 0 Å². The molecule has 0 radical (unpaired) electrons. The zero-order valence-corrected chi connectivity index (χ0v) is 16.1. The second-order valence-electron chi connectivity index (χ2n) is 7.16. The van der Waals surface area contributed by atoms with Gasteiger partial charge in [0.05, 0.1) is 23.9 Å². The van der Waals surface area contributed by atoms with Crippen molar-refractivity contribution in [1.29, 1.82) is 0 Å². The van der Waals surface area contributed by atoms with Crippen molar-refractivity contribution in [3.05, 3.63) is 58.3 Å². The molecule has 0 saturated carbocycles. The molecule has 0 aromatic heterocycles. The molecule has 5 heteroatoms. The van der Waals surface area contributed by atoms with Crippen LogP contribution in [0.15, 0.2) is 36.1 Å². The molecule has 0 spiro atoms. The number of carbonyl (C=O) groups excluding carboxylic acids is 2. The number of benzene rings is 1. The SMILES string of the molecule is C=CCN1C(=O)N[C@@H](c2cc(C)c(C)cc2C)C2=C1CN(CCC)C2=O. The van der Waals surface area contributed by atoms with Crippen LogP contribution in [0.5, 0.6) is 0 Å². The average Bonchev–Trinajstić information content (AvgIpc) is 2.91. The first-order chi connectivity index (χ1) is 12.4. The minimum absolute atomic E-state index is 0.0264. The lowest BCUT2D eigenvalue weighted by molar-refractivity contribution is -0.125. The summed E-state index contributed by atoms with van der Waals surface area (Å²) in [4.78, 5) is 29.3. The molecule has 0 unspecified atom stereocenters. The summed E-state index contributed by atoms with van der Waals surface area (Å²) in [6.45, 7) is 13.6. The van der Waals surface area contributed by atoms with E-state index in [9.17, 15) is 9.59 Å². The molecule has 0 saturated heterocycles. The van der Waals surface area contributed by atoms with E-state index < -0.39 is 6.04 Å². The highest BCUT2D eigenvalue weighted by Crippen LogP contribution is 2.37. The number of rotatable bonds is 5. The molecule has 2 aliphatic heterocycles. The Bertz CT molecular complexity index is 810. The summed E-state index contributed by atoms with van der Waals surface area (Å²) >= 11 is 0. The molecule has 1 N–H and O–H groups in total. The summed E-state index contributed by atoms with van der Waals surface area (Å²) in [6.07, 6.45) is 2.58. The van der Waals surface area contributed by atoms with Crippen LogP contribution >= 0.6 is 0 Å². The summed E-state index contributed by atoms with van der Waals surface area (Å²) in [5.41, 5.74) is 5.97. The second-order valence-corrected chi connectivity index (χ2v) is 7.16. The van der Waals surface area contributed by atoms with Gasteiger partial charge in [-0.05, 0) is 49.4 Å². The lowest BCUT2D eigenvalue weighted by atomic mass is 9.90. The number of amides is 3. The monoisotopic (exact) mass is 353 g/mol. The van der Waals surface area contributed by atoms with Crippen LogP contribution in [0.4, 0.5) is 4.79 Å². The molecular weight excluding hydrogens is 326 g/mol. The maximum absolute atomic E-state index is 13.1. The fourth-order valence-electron chi connectivity index (χ4n) is 3.85. The van der Waals surface area contributed by atoms with Crippen LogP contribution in [-0.4, -0.2) is 41.4 Å². The Morgan fingerprint density at radius 2 is 1.88 bits per heavy atom. The van der Waals surface area contributed by atoms with Crippen molar-refractivity contribution in [3.8, 4) is 0 Å². The van der Waals surface area contributed by atoms with Gasteiger partial charge < -0.3 is 10.2 Å². The van der Waals surface area contributed by atoms with Crippen LogP contribution < -0.4 is 5.32 Å². The predicted octanol–water partition coefficient (Wildman–Crippen LogP) is 3.37. The Balaban J connectivity index is 2.12. The minimum Gasteiger partial charge on any atom is -0.333 e. The summed E-state index contributed by atoms with van der Waals surface area (Å²) in [6, 6.07) is 3.65. The van der Waals surface area contributed by atoms with Gasteiger partial charge in [-0.3, -0.25) is 9.69 Å². The van der Waals surface area contributed by atoms with Gasteiger partial charge >= 0.3 is 6.03 Å². The van der Waals surface area contributed by atoms with E-state index in [1.54, 1.807) is 11.0 Å². The van der Waals surface area contributed by atoms with E-state index in [-0.39, 0.29) is 11.9 Å². The van der Waals surface area contributed by atoms with Gasteiger partial charge in [0.15, 0.2) is 0 Å². The Morgan fingerprint density at radius 3 is 2.54 bits per heavy atom. The van der Waals surface area contributed by atoms with E-state index in [1.165, 1.54) is 5.56 Å². The maximum Gasteiger partial charge on any atom is 0.322 e. The first-order valence-corrected chi connectivity index (χ1v) is 9.18. The number of nitrogens with zero attached hydrogens (tertiary/aromatic N) is 2. The van der Waals surface area contributed by atoms with Gasteiger partial charge in [-0.15, -0.1) is 6.58 Å². The molecule has 0 fully saturated rings. The summed E-state index contributed by atoms with van der Waals surface area (Å²) < 4.78 is 0. The van der Waals surface area contributed by atoms with E-state index in [0.29, 0.717) is 25.2 Å². The molecule has 1 aromatic carbocycles. The van der Waals surface area contributed by atoms with E-state index in [1.807, 2.05) is 11.8 Å². The van der Waals surface area contributed by atoms with Gasteiger partial charge in [0, 0.05) is 13.1 Å². The first-order valence-electron chi connectivity index (χ1n) is 9.18. The first kappa shape index (κ1) is 18.2. The molecule has 0 bridgehead atoms. The molecule has 3 amide bonds. The lowest BCUT2D eigenvalue weighted by Crippen LogP contribution is -2.47. The quantitative estimate of drug-likeness (QED) is 0.825. The smallest absolute Gasteiger partial charge is 0.322 e. The highest BCUT2D eigenvalue weighted by molar-refractivity contribution is 6.01. The molecule has 5 nitrogen and oxygen atoms in total. The van der Waals surface area contributed by atoms with Crippen molar-refractivity contribution in [2.45, 2.75) is 40.2 Å². The van der Waals surface area contributed by atoms with Crippen LogP contribution in [0, 0.1) is 20.8 Å². The Kier molecular flexibility index (Phi) is 4.90. The predicted molar refractivity (Wildman–Crippen MR) is 103 cm³/mol. The molecule has 1 aromatic rings. The Labute approximate surface area is 155 Å². The summed E-state index contributed by atoms with van der Waals surface area (Å²) in [7, 11) is 0. The fraction of sp³-hybridized carbons (Fsp3) is 0.429. The standard InChI is InChI=1S/C21H27N3O2/c1-6-8-23-12-17-18(20(23)25)19(22-21(26)24(17)9-7-2)16-11-14(4)13(3)10-15(16)5/h7,10-11,19H,2,6,8-9,12H2,1,3-5H3,(H,22,26)/t19-/m0/s1. The molecule has 26 heavy (non-hydrogen) atoms. The van der Waals surface area contributed by atoms with Gasteiger partial charge in [0.2, 0.25) is 0 Å². The minimum atomic E-state index is -0.396. The molecule has 1 atom stereocenters. The molecule has 2 heterocycles. The number of nitrogens with one attached hydrogen (secondary N) is 1. The lowest BCUT2D eigenvalue weighted by Gasteiger charge is -2.33. The molecule has 0 aliphatic carbocycles. The number of aryl methyl sites for hydroxylation is 3. The highest BCUT2D eigenvalue weighted by atomic mass is 16.2. The van der Waals surface area contributed by atoms with Gasteiger partial charge in [0.1, 0.15) is 0 Å². The fourth-order valence-corrected chi connectivity index (χ4v) is 3.85. The van der Waals surface area contributed by atoms with E-state index in [4.69, 9.17) is 0 Å². The van der Waals surface area contributed by atoms with Crippen molar-refractivity contribution < 1.29 is 9.59 Å². The molecule has 2 aliphatic rings. The average molecular weight is 353 g/mol. The Hall–Kier alpha value is -2.56. The van der Waals surface area contributed by atoms with Crippen LogP contribution in [0.3, 0.4) is 0 Å². The Morgan fingerprint density at radius 1 is 1.19 bits per heavy atom. The van der Waals surface area contributed by atoms with Crippen LogP contribution in [0.1, 0.15) is 41.6 Å². The van der Waals surface area contributed by atoms with Gasteiger partial charge in [-0.1, -0.05) is 25.1 Å². The van der Waals surface area contributed by atoms with Crippen LogP contribution in [0.2, 0.25) is 0 Å². The summed E-state index contributed by atoms with van der Waals surface area (Å²) in [5, 5.41) is 3.05. The molecule has 3 rings (SSSR count). The van der Waals surface area contributed by atoms with E-state index in [0.717, 1.165) is 28.8 Å². The maximum atomic E-state index is 13.1. The van der Waals surface area contributed by atoms with Crippen molar-refractivity contribution in [2.24, 2.45) is 0 Å². The zero-order valence-electron chi connectivity index (χ0n) is 16.1. The second kappa shape index (κ2) is 6.98. The van der Waals surface area contributed by atoms with Crippen molar-refractivity contribution in [3.63, 3.8) is 0 Å². The number of hydrogen-bond acceptors (Lipinski definition) is 2. The highest BCUT2D eigenvalue weighted by Gasteiger charge is 2.43. The number of hydrogen-bond donors (Lipinski definition) is 1. The third-order valence-electron chi connectivity index (χ3n) is 5.30. The largest absolute Gasteiger partial charge is 0.333 e. The van der Waals surface area contributed by atoms with Gasteiger partial charge in [-0.25, -0.2) is 4.79 Å². The topological polar surface area (TPSA) is 52.7 Å². The molecular formula is C21H27N3O2. The third-order valence-corrected chi connectivity index (χ3v) is 5.30. The van der Waals surface area contributed by atoms with Crippen molar-refractivity contribution in [1.82, 2.24) is 15.1 Å². The molecule has 138 valence electrons. The number of urea groups is 1. The third kappa shape index (κ3) is 2.91. The normalized spacial score (nSPS) is 19.8. The van der Waals surface area contributed by atoms with Crippen molar-refractivity contribution >= 4 is 11.9 Å². The van der Waals surface area contributed by atoms with Crippen molar-refractivity contribution in [2.75, 3.05) is 19.6 Å². The number of carbonyl (C=O) groups is 2. The summed E-state index contributed by atoms with van der Waals surface area (Å²) in [5.74, 6) is 0.0264. The van der Waals surface area contributed by atoms with Crippen LogP contribution in [0.25, 0.3) is 0 Å². The van der Waals surface area contributed by atoms with Crippen LogP contribution in [-0.2, 0) is 4.79 Å².